The third-order valence-electron chi connectivity index (χ3n) is 5.05. The van der Waals surface area contributed by atoms with Crippen molar-refractivity contribution in [3.63, 3.8) is 0 Å². The molecule has 1 atom stereocenters. The highest BCUT2D eigenvalue weighted by molar-refractivity contribution is 6.03. The Labute approximate surface area is 186 Å². The van der Waals surface area contributed by atoms with Crippen LogP contribution in [0.2, 0.25) is 0 Å². The van der Waals surface area contributed by atoms with Crippen molar-refractivity contribution in [2.24, 2.45) is 0 Å². The highest BCUT2D eigenvalue weighted by Gasteiger charge is 2.25. The number of morpholine rings is 1. The van der Waals surface area contributed by atoms with Crippen LogP contribution in [0.15, 0.2) is 54.6 Å². The van der Waals surface area contributed by atoms with Gasteiger partial charge in [0.05, 0.1) is 18.8 Å². The lowest BCUT2D eigenvalue weighted by Gasteiger charge is -2.31. The minimum atomic E-state index is -2.94. The van der Waals surface area contributed by atoms with Crippen LogP contribution in [0.5, 0.6) is 5.75 Å². The van der Waals surface area contributed by atoms with Crippen LogP contribution in [0.1, 0.15) is 22.2 Å². The molecule has 1 saturated heterocycles. The van der Waals surface area contributed by atoms with E-state index in [4.69, 9.17) is 9.84 Å². The van der Waals surface area contributed by atoms with Gasteiger partial charge in [0.2, 0.25) is 0 Å². The Balaban J connectivity index is 1.40. The van der Waals surface area contributed by atoms with Crippen LogP contribution in [-0.4, -0.2) is 58.5 Å². The van der Waals surface area contributed by atoms with E-state index in [-0.39, 0.29) is 24.1 Å². The first kappa shape index (κ1) is 22.2. The number of carbonyl (C=O) groups excluding carboxylic acids is 1. The Bertz CT molecular complexity index is 1140. The van der Waals surface area contributed by atoms with Crippen LogP contribution in [-0.2, 0) is 4.74 Å². The summed E-state index contributed by atoms with van der Waals surface area (Å²) in [7, 11) is 0. The normalized spacial score (nSPS) is 16.0. The molecule has 2 aromatic carbocycles. The maximum atomic E-state index is 12.6. The first-order chi connectivity index (χ1) is 15.9. The number of amides is 2. The number of aromatic amines is 1. The van der Waals surface area contributed by atoms with E-state index < -0.39 is 18.6 Å². The minimum Gasteiger partial charge on any atom is -0.465 e. The summed E-state index contributed by atoms with van der Waals surface area (Å²) >= 11 is 0. The summed E-state index contributed by atoms with van der Waals surface area (Å²) in [5.74, 6) is -0.447. The highest BCUT2D eigenvalue weighted by atomic mass is 19.3. The Morgan fingerprint density at radius 1 is 1.21 bits per heavy atom. The first-order valence-electron chi connectivity index (χ1n) is 10.0. The van der Waals surface area contributed by atoms with E-state index in [0.717, 1.165) is 5.56 Å². The van der Waals surface area contributed by atoms with Crippen molar-refractivity contribution < 1.29 is 33.0 Å². The summed E-state index contributed by atoms with van der Waals surface area (Å²) in [4.78, 5) is 25.0. The molecular weight excluding hydrogens is 438 g/mol. The summed E-state index contributed by atoms with van der Waals surface area (Å²) in [6.07, 6.45) is -1.36. The average Bonchev–Trinajstić information content (AvgIpc) is 3.30. The van der Waals surface area contributed by atoms with Crippen molar-refractivity contribution in [2.45, 2.75) is 12.7 Å². The van der Waals surface area contributed by atoms with Crippen molar-refractivity contribution in [2.75, 3.05) is 25.0 Å². The monoisotopic (exact) mass is 458 g/mol. The first-order valence-corrected chi connectivity index (χ1v) is 10.0. The number of nitrogens with zero attached hydrogens (tertiary/aromatic N) is 2. The second-order valence-electron chi connectivity index (χ2n) is 7.24. The fourth-order valence-electron chi connectivity index (χ4n) is 3.42. The maximum Gasteiger partial charge on any atom is 0.407 e. The summed E-state index contributed by atoms with van der Waals surface area (Å²) in [6, 6.07) is 14.4. The molecule has 3 aromatic rings. The molecule has 0 aliphatic carbocycles. The van der Waals surface area contributed by atoms with Crippen LogP contribution in [0.4, 0.5) is 19.3 Å². The summed E-state index contributed by atoms with van der Waals surface area (Å²) in [5.41, 5.74) is 2.41. The third-order valence-corrected chi connectivity index (χ3v) is 5.05. The number of nitrogens with one attached hydrogen (secondary N) is 2. The van der Waals surface area contributed by atoms with Crippen LogP contribution >= 0.6 is 0 Å². The minimum absolute atomic E-state index is 0.00925. The zero-order valence-electron chi connectivity index (χ0n) is 17.2. The maximum absolute atomic E-state index is 12.6. The molecule has 1 aliphatic rings. The number of H-pyrrole nitrogens is 1. The molecule has 2 heterocycles. The zero-order chi connectivity index (χ0) is 23.4. The Hall–Kier alpha value is -3.99. The van der Waals surface area contributed by atoms with Crippen molar-refractivity contribution in [3.05, 3.63) is 65.9 Å². The van der Waals surface area contributed by atoms with Gasteiger partial charge in [-0.3, -0.25) is 9.89 Å². The van der Waals surface area contributed by atoms with Gasteiger partial charge >= 0.3 is 12.7 Å². The van der Waals surface area contributed by atoms with E-state index in [9.17, 15) is 18.4 Å². The lowest BCUT2D eigenvalue weighted by molar-refractivity contribution is -0.0498. The van der Waals surface area contributed by atoms with Gasteiger partial charge in [-0.1, -0.05) is 24.3 Å². The molecule has 0 bridgehead atoms. The van der Waals surface area contributed by atoms with Crippen molar-refractivity contribution in [3.8, 4) is 17.0 Å². The lowest BCUT2D eigenvalue weighted by Crippen LogP contribution is -2.41. The Morgan fingerprint density at radius 2 is 2.00 bits per heavy atom. The van der Waals surface area contributed by atoms with Gasteiger partial charge in [0.15, 0.2) is 0 Å². The van der Waals surface area contributed by atoms with Gasteiger partial charge in [0.1, 0.15) is 17.5 Å². The Morgan fingerprint density at radius 3 is 2.73 bits per heavy atom. The predicted molar refractivity (Wildman–Crippen MR) is 113 cm³/mol. The number of benzene rings is 2. The van der Waals surface area contributed by atoms with E-state index in [1.165, 1.54) is 23.1 Å². The molecule has 0 spiro atoms. The smallest absolute Gasteiger partial charge is 0.407 e. The molecule has 0 unspecified atom stereocenters. The van der Waals surface area contributed by atoms with Gasteiger partial charge < -0.3 is 24.8 Å². The quantitative estimate of drug-likeness (QED) is 0.515. The number of alkyl halides is 2. The number of hydrogen-bond donors (Lipinski definition) is 3. The van der Waals surface area contributed by atoms with E-state index in [1.807, 2.05) is 0 Å². The largest absolute Gasteiger partial charge is 0.465 e. The molecule has 172 valence electrons. The molecular formula is C22H20F2N4O5. The summed E-state index contributed by atoms with van der Waals surface area (Å²) < 4.78 is 34.9. The van der Waals surface area contributed by atoms with Gasteiger partial charge in [-0.15, -0.1) is 0 Å². The number of rotatable bonds is 6. The Kier molecular flexibility index (Phi) is 6.50. The van der Waals surface area contributed by atoms with Gasteiger partial charge in [0, 0.05) is 17.8 Å². The van der Waals surface area contributed by atoms with E-state index >= 15 is 0 Å². The SMILES string of the molecule is O=C(Nc1ccc([C@H]2CN(C(=O)O)CCO2)cc1)c1cc(-c2cccc(OC(F)F)c2)n[nH]1. The van der Waals surface area contributed by atoms with Crippen LogP contribution in [0.25, 0.3) is 11.3 Å². The van der Waals surface area contributed by atoms with Gasteiger partial charge in [-0.05, 0) is 35.9 Å². The standard InChI is InChI=1S/C22H20F2N4O5/c23-21(24)33-16-3-1-2-14(10-16)17-11-18(27-26-17)20(29)25-15-6-4-13(5-7-15)19-12-28(22(30)31)8-9-32-19/h1-7,10-11,19,21H,8-9,12H2,(H,25,29)(H,26,27)(H,30,31)/t19-/m1/s1. The molecule has 1 fully saturated rings. The molecule has 1 aliphatic heterocycles. The molecule has 4 rings (SSSR count). The number of ether oxygens (including phenoxy) is 2. The lowest BCUT2D eigenvalue weighted by atomic mass is 10.1. The van der Waals surface area contributed by atoms with Crippen LogP contribution < -0.4 is 10.1 Å². The van der Waals surface area contributed by atoms with Gasteiger partial charge in [-0.25, -0.2) is 4.79 Å². The fourth-order valence-corrected chi connectivity index (χ4v) is 3.42. The van der Waals surface area contributed by atoms with E-state index in [2.05, 4.69) is 20.3 Å². The van der Waals surface area contributed by atoms with E-state index in [0.29, 0.717) is 30.1 Å². The average molecular weight is 458 g/mol. The zero-order valence-corrected chi connectivity index (χ0v) is 17.2. The highest BCUT2D eigenvalue weighted by Crippen LogP contribution is 2.26. The van der Waals surface area contributed by atoms with Crippen molar-refractivity contribution in [1.29, 1.82) is 0 Å². The number of carbonyl (C=O) groups is 2. The molecule has 1 aromatic heterocycles. The number of hydrogen-bond acceptors (Lipinski definition) is 5. The second kappa shape index (κ2) is 9.65. The molecule has 0 radical (unpaired) electrons. The molecule has 11 heteroatoms. The van der Waals surface area contributed by atoms with Crippen LogP contribution in [0.3, 0.4) is 0 Å². The topological polar surface area (TPSA) is 117 Å². The molecule has 2 amide bonds. The number of aromatic nitrogens is 2. The van der Waals surface area contributed by atoms with Gasteiger partial charge in [0.25, 0.3) is 5.91 Å². The molecule has 0 saturated carbocycles. The van der Waals surface area contributed by atoms with Gasteiger partial charge in [-0.2, -0.15) is 13.9 Å². The molecule has 33 heavy (non-hydrogen) atoms. The predicted octanol–water partition coefficient (Wildman–Crippen LogP) is 3.98. The summed E-state index contributed by atoms with van der Waals surface area (Å²) in [6.45, 7) is -2.06. The number of carboxylic acid groups (broad SMARTS) is 1. The number of halogens is 2. The van der Waals surface area contributed by atoms with Crippen molar-refractivity contribution >= 4 is 17.7 Å². The summed E-state index contributed by atoms with van der Waals surface area (Å²) in [5, 5.41) is 18.6. The second-order valence-corrected chi connectivity index (χ2v) is 7.24. The number of anilines is 1. The van der Waals surface area contributed by atoms with E-state index in [1.54, 1.807) is 36.4 Å². The van der Waals surface area contributed by atoms with Crippen molar-refractivity contribution in [1.82, 2.24) is 15.1 Å². The van der Waals surface area contributed by atoms with Crippen LogP contribution in [0, 0.1) is 0 Å². The third kappa shape index (κ3) is 5.44. The molecule has 3 N–H and O–H groups in total. The fraction of sp³-hybridized carbons (Fsp3) is 0.227. The molecule has 9 nitrogen and oxygen atoms in total.